The molecule has 13 heavy (non-hydrogen) atoms. The summed E-state index contributed by atoms with van der Waals surface area (Å²) in [7, 11) is 0. The third kappa shape index (κ3) is 1.38. The van der Waals surface area contributed by atoms with Gasteiger partial charge in [-0.3, -0.25) is 0 Å². The maximum atomic E-state index is 9.47. The minimum absolute atomic E-state index is 0.477. The lowest BCUT2D eigenvalue weighted by atomic mass is 10.1. The summed E-state index contributed by atoms with van der Waals surface area (Å²) in [6, 6.07) is 5.57. The van der Waals surface area contributed by atoms with Crippen LogP contribution in [0.15, 0.2) is 30.6 Å². The van der Waals surface area contributed by atoms with Gasteiger partial charge in [-0.2, -0.15) is 0 Å². The van der Waals surface area contributed by atoms with Gasteiger partial charge in [0.15, 0.2) is 5.65 Å². The van der Waals surface area contributed by atoms with Gasteiger partial charge in [0.2, 0.25) is 0 Å². The molecule has 0 aliphatic heterocycles. The Hall–Kier alpha value is -1.48. The van der Waals surface area contributed by atoms with E-state index in [2.05, 4.69) is 9.97 Å². The second-order valence-corrected chi connectivity index (χ2v) is 2.95. The van der Waals surface area contributed by atoms with E-state index in [1.807, 2.05) is 18.2 Å². The van der Waals surface area contributed by atoms with Crippen LogP contribution in [0.3, 0.4) is 0 Å². The fourth-order valence-electron chi connectivity index (χ4n) is 1.37. The Morgan fingerprint density at radius 1 is 1.23 bits per heavy atom. The van der Waals surface area contributed by atoms with Crippen LogP contribution >= 0.6 is 0 Å². The summed E-state index contributed by atoms with van der Waals surface area (Å²) >= 11 is 0. The normalized spacial score (nSPS) is 13.1. The van der Waals surface area contributed by atoms with Gasteiger partial charge in [-0.1, -0.05) is 0 Å². The Labute approximate surface area is 76.1 Å². The number of hydrogen-bond donors (Lipinski definition) is 1. The molecule has 0 unspecified atom stereocenters. The fourth-order valence-corrected chi connectivity index (χ4v) is 1.37. The summed E-state index contributed by atoms with van der Waals surface area (Å²) in [6.07, 6.45) is 2.88. The van der Waals surface area contributed by atoms with E-state index in [-0.39, 0.29) is 0 Å². The molecule has 0 spiro atoms. The van der Waals surface area contributed by atoms with Gasteiger partial charge in [0, 0.05) is 17.8 Å². The molecule has 2 aromatic heterocycles. The highest BCUT2D eigenvalue weighted by Crippen LogP contribution is 2.20. The first-order chi connectivity index (χ1) is 6.29. The molecule has 3 nitrogen and oxygen atoms in total. The number of aliphatic hydroxyl groups is 1. The van der Waals surface area contributed by atoms with Crippen molar-refractivity contribution in [1.29, 1.82) is 0 Å². The molecule has 0 saturated carbocycles. The SMILES string of the molecule is C[C@H](O)c1ccnc2ncccc12. The molecule has 1 N–H and O–H groups in total. The quantitative estimate of drug-likeness (QED) is 0.715. The lowest BCUT2D eigenvalue weighted by molar-refractivity contribution is 0.201. The highest BCUT2D eigenvalue weighted by atomic mass is 16.3. The smallest absolute Gasteiger partial charge is 0.159 e. The Morgan fingerprint density at radius 2 is 2.00 bits per heavy atom. The molecular formula is C10H10N2O. The predicted molar refractivity (Wildman–Crippen MR) is 50.2 cm³/mol. The molecule has 66 valence electrons. The van der Waals surface area contributed by atoms with Gasteiger partial charge in [0.25, 0.3) is 0 Å². The van der Waals surface area contributed by atoms with E-state index < -0.39 is 6.10 Å². The zero-order chi connectivity index (χ0) is 9.26. The molecular weight excluding hydrogens is 164 g/mol. The third-order valence-electron chi connectivity index (χ3n) is 2.00. The lowest BCUT2D eigenvalue weighted by Gasteiger charge is -2.06. The molecule has 0 aliphatic carbocycles. The summed E-state index contributed by atoms with van der Waals surface area (Å²) in [5.74, 6) is 0. The maximum absolute atomic E-state index is 9.47. The van der Waals surface area contributed by atoms with Crippen molar-refractivity contribution in [2.75, 3.05) is 0 Å². The van der Waals surface area contributed by atoms with Gasteiger partial charge in [-0.25, -0.2) is 9.97 Å². The number of fused-ring (bicyclic) bond motifs is 1. The molecule has 1 atom stereocenters. The van der Waals surface area contributed by atoms with Crippen molar-refractivity contribution in [3.05, 3.63) is 36.2 Å². The van der Waals surface area contributed by atoms with Gasteiger partial charge < -0.3 is 5.11 Å². The Bertz CT molecular complexity index is 421. The van der Waals surface area contributed by atoms with E-state index in [1.54, 1.807) is 19.3 Å². The molecule has 0 radical (unpaired) electrons. The number of aliphatic hydroxyl groups excluding tert-OH is 1. The van der Waals surface area contributed by atoms with Crippen LogP contribution in [0.1, 0.15) is 18.6 Å². The average Bonchev–Trinajstić information content (AvgIpc) is 2.17. The maximum Gasteiger partial charge on any atom is 0.159 e. The van der Waals surface area contributed by atoms with Gasteiger partial charge in [-0.05, 0) is 30.7 Å². The van der Waals surface area contributed by atoms with Gasteiger partial charge in [0.05, 0.1) is 6.10 Å². The molecule has 0 aromatic carbocycles. The molecule has 2 rings (SSSR count). The second kappa shape index (κ2) is 3.11. The highest BCUT2D eigenvalue weighted by molar-refractivity contribution is 5.78. The van der Waals surface area contributed by atoms with Crippen molar-refractivity contribution >= 4 is 11.0 Å². The summed E-state index contributed by atoms with van der Waals surface area (Å²) in [5.41, 5.74) is 1.55. The predicted octanol–water partition coefficient (Wildman–Crippen LogP) is 1.68. The molecule has 0 bridgehead atoms. The summed E-state index contributed by atoms with van der Waals surface area (Å²) in [4.78, 5) is 8.20. The summed E-state index contributed by atoms with van der Waals surface area (Å²) < 4.78 is 0. The van der Waals surface area contributed by atoms with Crippen LogP contribution < -0.4 is 0 Å². The number of aromatic nitrogens is 2. The van der Waals surface area contributed by atoms with Gasteiger partial charge in [0.1, 0.15) is 0 Å². The van der Waals surface area contributed by atoms with Crippen LogP contribution in [0, 0.1) is 0 Å². The standard InChI is InChI=1S/C10H10N2O/c1-7(13)8-4-6-12-10-9(8)3-2-5-11-10/h2-7,13H,1H3/t7-/m0/s1. The summed E-state index contributed by atoms with van der Waals surface area (Å²) in [5, 5.41) is 10.4. The fraction of sp³-hybridized carbons (Fsp3) is 0.200. The molecule has 2 aromatic rings. The monoisotopic (exact) mass is 174 g/mol. The molecule has 2 heterocycles. The minimum Gasteiger partial charge on any atom is -0.389 e. The van der Waals surface area contributed by atoms with E-state index >= 15 is 0 Å². The van der Waals surface area contributed by atoms with Crippen LogP contribution in [0.25, 0.3) is 11.0 Å². The molecule has 3 heteroatoms. The molecule has 0 saturated heterocycles. The van der Waals surface area contributed by atoms with Crippen molar-refractivity contribution < 1.29 is 5.11 Å². The van der Waals surface area contributed by atoms with Crippen molar-refractivity contribution in [1.82, 2.24) is 9.97 Å². The van der Waals surface area contributed by atoms with E-state index in [1.165, 1.54) is 0 Å². The number of pyridine rings is 2. The van der Waals surface area contributed by atoms with Crippen molar-refractivity contribution in [2.45, 2.75) is 13.0 Å². The first-order valence-corrected chi connectivity index (χ1v) is 4.17. The molecule has 0 fully saturated rings. The van der Waals surface area contributed by atoms with Crippen LogP contribution in [-0.4, -0.2) is 15.1 Å². The lowest BCUT2D eigenvalue weighted by Crippen LogP contribution is -1.94. The van der Waals surface area contributed by atoms with Crippen LogP contribution in [0.5, 0.6) is 0 Å². The second-order valence-electron chi connectivity index (χ2n) is 2.95. The van der Waals surface area contributed by atoms with E-state index in [9.17, 15) is 5.11 Å². The van der Waals surface area contributed by atoms with Crippen molar-refractivity contribution in [3.8, 4) is 0 Å². The van der Waals surface area contributed by atoms with E-state index in [0.717, 1.165) is 10.9 Å². The Balaban J connectivity index is 2.76. The van der Waals surface area contributed by atoms with Crippen LogP contribution in [0.4, 0.5) is 0 Å². The Kier molecular flexibility index (Phi) is 1.94. The van der Waals surface area contributed by atoms with Gasteiger partial charge in [-0.15, -0.1) is 0 Å². The van der Waals surface area contributed by atoms with Crippen molar-refractivity contribution in [3.63, 3.8) is 0 Å². The largest absolute Gasteiger partial charge is 0.389 e. The van der Waals surface area contributed by atoms with Gasteiger partial charge >= 0.3 is 0 Å². The number of nitrogens with zero attached hydrogens (tertiary/aromatic N) is 2. The minimum atomic E-state index is -0.477. The zero-order valence-corrected chi connectivity index (χ0v) is 7.31. The third-order valence-corrected chi connectivity index (χ3v) is 2.00. The van der Waals surface area contributed by atoms with Crippen LogP contribution in [0.2, 0.25) is 0 Å². The zero-order valence-electron chi connectivity index (χ0n) is 7.31. The summed E-state index contributed by atoms with van der Waals surface area (Å²) in [6.45, 7) is 1.74. The first kappa shape index (κ1) is 8.13. The topological polar surface area (TPSA) is 46.0 Å². The van der Waals surface area contributed by atoms with Crippen molar-refractivity contribution in [2.24, 2.45) is 0 Å². The van der Waals surface area contributed by atoms with E-state index in [4.69, 9.17) is 0 Å². The number of hydrogen-bond acceptors (Lipinski definition) is 3. The number of rotatable bonds is 1. The first-order valence-electron chi connectivity index (χ1n) is 4.17. The molecule has 0 amide bonds. The highest BCUT2D eigenvalue weighted by Gasteiger charge is 2.05. The Morgan fingerprint density at radius 3 is 2.77 bits per heavy atom. The van der Waals surface area contributed by atoms with Crippen LogP contribution in [-0.2, 0) is 0 Å². The van der Waals surface area contributed by atoms with E-state index in [0.29, 0.717) is 5.65 Å². The molecule has 0 aliphatic rings. The average molecular weight is 174 g/mol.